The number of carbonyl (C=O) groups is 2. The number of hydrogen-bond donors (Lipinski definition) is 2. The van der Waals surface area contributed by atoms with Gasteiger partial charge in [0, 0.05) is 37.7 Å². The zero-order chi connectivity index (χ0) is 18.5. The number of rotatable bonds is 5. The Kier molecular flexibility index (Phi) is 5.51. The summed E-state index contributed by atoms with van der Waals surface area (Å²) in [5.74, 6) is -0.144. The number of urea groups is 1. The molecule has 2 aromatic carbocycles. The van der Waals surface area contributed by atoms with Gasteiger partial charge in [-0.2, -0.15) is 0 Å². The predicted octanol–water partition coefficient (Wildman–Crippen LogP) is 2.99. The van der Waals surface area contributed by atoms with E-state index in [0.717, 1.165) is 16.8 Å². The smallest absolute Gasteiger partial charge is 0.315 e. The largest absolute Gasteiger partial charge is 0.338 e. The van der Waals surface area contributed by atoms with Gasteiger partial charge in [0.15, 0.2) is 0 Å². The first-order chi connectivity index (χ1) is 12.5. The molecule has 26 heavy (non-hydrogen) atoms. The first-order valence-electron chi connectivity index (χ1n) is 8.64. The second-order valence-corrected chi connectivity index (χ2v) is 6.60. The third-order valence-corrected chi connectivity index (χ3v) is 4.47. The van der Waals surface area contributed by atoms with Crippen LogP contribution in [0.4, 0.5) is 14.9 Å². The minimum Gasteiger partial charge on any atom is -0.338 e. The van der Waals surface area contributed by atoms with Gasteiger partial charge >= 0.3 is 6.03 Å². The van der Waals surface area contributed by atoms with Crippen LogP contribution < -0.4 is 15.5 Å². The summed E-state index contributed by atoms with van der Waals surface area (Å²) in [5, 5.41) is 5.54. The monoisotopic (exact) mass is 355 g/mol. The van der Waals surface area contributed by atoms with Crippen molar-refractivity contribution in [3.8, 4) is 0 Å². The van der Waals surface area contributed by atoms with Crippen LogP contribution in [-0.2, 0) is 11.3 Å². The number of anilines is 1. The van der Waals surface area contributed by atoms with Gasteiger partial charge in [-0.3, -0.25) is 4.79 Å². The number of halogens is 1. The molecule has 3 rings (SSSR count). The molecule has 5 nitrogen and oxygen atoms in total. The van der Waals surface area contributed by atoms with Crippen molar-refractivity contribution in [1.82, 2.24) is 10.6 Å². The molecule has 0 aromatic heterocycles. The molecule has 1 atom stereocenters. The molecule has 1 saturated heterocycles. The Labute approximate surface area is 152 Å². The molecule has 1 aliphatic rings. The second-order valence-electron chi connectivity index (χ2n) is 6.60. The average molecular weight is 355 g/mol. The highest BCUT2D eigenvalue weighted by molar-refractivity contribution is 5.95. The molecule has 1 aliphatic heterocycles. The van der Waals surface area contributed by atoms with Gasteiger partial charge in [0.1, 0.15) is 5.82 Å². The summed E-state index contributed by atoms with van der Waals surface area (Å²) < 4.78 is 12.9. The van der Waals surface area contributed by atoms with Gasteiger partial charge in [-0.25, -0.2) is 9.18 Å². The first kappa shape index (κ1) is 17.9. The summed E-state index contributed by atoms with van der Waals surface area (Å²) in [6, 6.07) is 13.5. The number of carbonyl (C=O) groups excluding carboxylic acids is 2. The summed E-state index contributed by atoms with van der Waals surface area (Å²) in [6.45, 7) is 3.36. The van der Waals surface area contributed by atoms with Crippen LogP contribution in [0.2, 0.25) is 0 Å². The highest BCUT2D eigenvalue weighted by Crippen LogP contribution is 2.24. The maximum atomic E-state index is 12.9. The van der Waals surface area contributed by atoms with Gasteiger partial charge in [0.2, 0.25) is 5.91 Å². The second kappa shape index (κ2) is 7.99. The zero-order valence-corrected chi connectivity index (χ0v) is 14.7. The summed E-state index contributed by atoms with van der Waals surface area (Å²) in [7, 11) is 0. The van der Waals surface area contributed by atoms with Gasteiger partial charge in [-0.1, -0.05) is 29.8 Å². The molecule has 0 saturated carbocycles. The quantitative estimate of drug-likeness (QED) is 0.866. The van der Waals surface area contributed by atoms with Gasteiger partial charge in [0.05, 0.1) is 0 Å². The molecule has 3 amide bonds. The predicted molar refractivity (Wildman–Crippen MR) is 98.3 cm³/mol. The van der Waals surface area contributed by atoms with Crippen molar-refractivity contribution in [3.63, 3.8) is 0 Å². The van der Waals surface area contributed by atoms with Crippen molar-refractivity contribution in [2.75, 3.05) is 18.0 Å². The summed E-state index contributed by atoms with van der Waals surface area (Å²) >= 11 is 0. The number of benzene rings is 2. The summed E-state index contributed by atoms with van der Waals surface area (Å²) in [4.78, 5) is 25.9. The van der Waals surface area contributed by atoms with E-state index < -0.39 is 0 Å². The molecule has 2 N–H and O–H groups in total. The van der Waals surface area contributed by atoms with Crippen molar-refractivity contribution in [2.45, 2.75) is 19.9 Å². The van der Waals surface area contributed by atoms with Crippen LogP contribution in [0.25, 0.3) is 0 Å². The Morgan fingerprint density at radius 2 is 1.81 bits per heavy atom. The van der Waals surface area contributed by atoms with E-state index in [1.54, 1.807) is 17.0 Å². The van der Waals surface area contributed by atoms with Crippen molar-refractivity contribution in [1.29, 1.82) is 0 Å². The van der Waals surface area contributed by atoms with Gasteiger partial charge in [0.25, 0.3) is 0 Å². The molecule has 136 valence electrons. The van der Waals surface area contributed by atoms with Crippen molar-refractivity contribution in [2.24, 2.45) is 5.92 Å². The van der Waals surface area contributed by atoms with E-state index in [4.69, 9.17) is 0 Å². The van der Waals surface area contributed by atoms with Gasteiger partial charge < -0.3 is 15.5 Å². The standard InChI is InChI=1S/C20H22FN3O2/c1-14-2-8-18(9-3-14)24-13-16(10-19(24)25)12-23-20(26)22-11-15-4-6-17(21)7-5-15/h2-9,16H,10-13H2,1H3,(H2,22,23,26). The molecule has 0 bridgehead atoms. The fraction of sp³-hybridized carbons (Fsp3) is 0.300. The number of amides is 3. The summed E-state index contributed by atoms with van der Waals surface area (Å²) in [5.41, 5.74) is 2.86. The lowest BCUT2D eigenvalue weighted by atomic mass is 10.1. The van der Waals surface area contributed by atoms with E-state index in [1.165, 1.54) is 12.1 Å². The molecule has 0 aliphatic carbocycles. The maximum Gasteiger partial charge on any atom is 0.315 e. The Hall–Kier alpha value is -2.89. The fourth-order valence-electron chi connectivity index (χ4n) is 2.98. The minimum atomic E-state index is -0.303. The molecule has 2 aromatic rings. The lowest BCUT2D eigenvalue weighted by Crippen LogP contribution is -2.38. The SMILES string of the molecule is Cc1ccc(N2CC(CNC(=O)NCc3ccc(F)cc3)CC2=O)cc1. The summed E-state index contributed by atoms with van der Waals surface area (Å²) in [6.07, 6.45) is 0.423. The maximum absolute atomic E-state index is 12.9. The topological polar surface area (TPSA) is 61.4 Å². The van der Waals surface area contributed by atoms with Gasteiger partial charge in [-0.05, 0) is 36.8 Å². The molecule has 1 fully saturated rings. The molecule has 1 unspecified atom stereocenters. The Balaban J connectivity index is 1.44. The van der Waals surface area contributed by atoms with E-state index in [0.29, 0.717) is 26.1 Å². The van der Waals surface area contributed by atoms with Crippen LogP contribution in [0.15, 0.2) is 48.5 Å². The number of nitrogens with zero attached hydrogens (tertiary/aromatic N) is 1. The Morgan fingerprint density at radius 1 is 1.12 bits per heavy atom. The Morgan fingerprint density at radius 3 is 2.50 bits per heavy atom. The van der Waals surface area contributed by atoms with Crippen LogP contribution in [-0.4, -0.2) is 25.0 Å². The third-order valence-electron chi connectivity index (χ3n) is 4.47. The van der Waals surface area contributed by atoms with E-state index >= 15 is 0 Å². The first-order valence-corrected chi connectivity index (χ1v) is 8.64. The van der Waals surface area contributed by atoms with Crippen LogP contribution in [0.3, 0.4) is 0 Å². The lowest BCUT2D eigenvalue weighted by molar-refractivity contribution is -0.117. The van der Waals surface area contributed by atoms with Crippen LogP contribution in [0.1, 0.15) is 17.5 Å². The number of nitrogens with one attached hydrogen (secondary N) is 2. The third kappa shape index (κ3) is 4.59. The molecule has 0 spiro atoms. The van der Waals surface area contributed by atoms with Crippen molar-refractivity contribution >= 4 is 17.6 Å². The highest BCUT2D eigenvalue weighted by atomic mass is 19.1. The van der Waals surface area contributed by atoms with Gasteiger partial charge in [-0.15, -0.1) is 0 Å². The normalized spacial score (nSPS) is 16.6. The fourth-order valence-corrected chi connectivity index (χ4v) is 2.98. The van der Waals surface area contributed by atoms with Crippen LogP contribution >= 0.6 is 0 Å². The van der Waals surface area contributed by atoms with Crippen LogP contribution in [0.5, 0.6) is 0 Å². The minimum absolute atomic E-state index is 0.0763. The van der Waals surface area contributed by atoms with Crippen molar-refractivity contribution in [3.05, 3.63) is 65.5 Å². The van der Waals surface area contributed by atoms with Crippen molar-refractivity contribution < 1.29 is 14.0 Å². The lowest BCUT2D eigenvalue weighted by Gasteiger charge is -2.17. The van der Waals surface area contributed by atoms with E-state index in [-0.39, 0.29) is 23.7 Å². The molecule has 6 heteroatoms. The molecular weight excluding hydrogens is 333 g/mol. The zero-order valence-electron chi connectivity index (χ0n) is 14.7. The molecule has 1 heterocycles. The van der Waals surface area contributed by atoms with E-state index in [2.05, 4.69) is 10.6 Å². The highest BCUT2D eigenvalue weighted by Gasteiger charge is 2.30. The van der Waals surface area contributed by atoms with E-state index in [1.807, 2.05) is 31.2 Å². The molecular formula is C20H22FN3O2. The average Bonchev–Trinajstić information content (AvgIpc) is 3.01. The Bertz CT molecular complexity index is 775. The van der Waals surface area contributed by atoms with E-state index in [9.17, 15) is 14.0 Å². The number of hydrogen-bond acceptors (Lipinski definition) is 2. The number of aryl methyl sites for hydroxylation is 1. The van der Waals surface area contributed by atoms with Crippen LogP contribution in [0, 0.1) is 18.7 Å². The molecule has 0 radical (unpaired) electrons.